The second kappa shape index (κ2) is 10.5. The normalized spacial score (nSPS) is 11.7. The fourth-order valence-corrected chi connectivity index (χ4v) is 5.74. The quantitative estimate of drug-likeness (QED) is 0.264. The van der Waals surface area contributed by atoms with Crippen LogP contribution in [0.1, 0.15) is 17.3 Å². The Balaban J connectivity index is 1.70. The first-order valence-electron chi connectivity index (χ1n) is 11.5. The van der Waals surface area contributed by atoms with E-state index < -0.39 is 11.9 Å². The Morgan fingerprint density at radius 1 is 1.03 bits per heavy atom. The van der Waals surface area contributed by atoms with Crippen LogP contribution < -0.4 is 14.3 Å². The van der Waals surface area contributed by atoms with Crippen molar-refractivity contribution in [2.45, 2.75) is 13.5 Å². The molecule has 0 aliphatic carbocycles. The lowest BCUT2D eigenvalue weighted by Gasteiger charge is -2.09. The lowest BCUT2D eigenvalue weighted by Crippen LogP contribution is -2.23. The molecule has 0 radical (unpaired) electrons. The molecule has 188 valence electrons. The topological polar surface area (TPSA) is 92.0 Å². The molecule has 5 aromatic rings. The maximum atomic E-state index is 13.7. The van der Waals surface area contributed by atoms with Crippen LogP contribution in [0.4, 0.5) is 0 Å². The van der Waals surface area contributed by atoms with Crippen molar-refractivity contribution in [3.8, 4) is 22.1 Å². The summed E-state index contributed by atoms with van der Waals surface area (Å²) >= 11 is 2.83. The first kappa shape index (κ1) is 24.7. The second-order valence-corrected chi connectivity index (χ2v) is 9.87. The lowest BCUT2D eigenvalue weighted by atomic mass is 10.1. The van der Waals surface area contributed by atoms with Gasteiger partial charge in [0.05, 0.1) is 52.7 Å². The molecule has 0 atom stereocenters. The molecule has 1 amide bonds. The van der Waals surface area contributed by atoms with Gasteiger partial charge in [-0.1, -0.05) is 35.6 Å². The highest BCUT2D eigenvalue weighted by Crippen LogP contribution is 2.34. The van der Waals surface area contributed by atoms with Gasteiger partial charge in [-0.2, -0.15) is 4.99 Å². The Bertz CT molecular complexity index is 1690. The number of hydrogen-bond donors (Lipinski definition) is 0. The predicted molar refractivity (Wildman–Crippen MR) is 145 cm³/mol. The van der Waals surface area contributed by atoms with Gasteiger partial charge >= 0.3 is 5.97 Å². The highest BCUT2D eigenvalue weighted by Gasteiger charge is 2.18. The molecule has 3 heterocycles. The van der Waals surface area contributed by atoms with Crippen LogP contribution in [0.2, 0.25) is 0 Å². The summed E-state index contributed by atoms with van der Waals surface area (Å²) in [4.78, 5) is 36.7. The van der Waals surface area contributed by atoms with Gasteiger partial charge in [-0.3, -0.25) is 9.59 Å². The standard InChI is InChI=1S/C27H23N3O5S2/c1-4-35-25(31)15-30-20-13-21(33-2)22(34-3)14-24(20)37-27(30)29-26(32)17-12-19(23-10-7-11-36-23)28-18-9-6-5-8-16(17)18/h5-14H,4,15H2,1-3H3. The molecule has 8 nitrogen and oxygen atoms in total. The number of benzene rings is 2. The summed E-state index contributed by atoms with van der Waals surface area (Å²) in [5, 5.41) is 2.67. The molecule has 0 N–H and O–H groups in total. The van der Waals surface area contributed by atoms with Gasteiger partial charge in [-0.05, 0) is 30.5 Å². The molecule has 0 saturated heterocycles. The molecule has 0 aliphatic heterocycles. The van der Waals surface area contributed by atoms with Gasteiger partial charge in [0.15, 0.2) is 16.3 Å². The average Bonchev–Trinajstić information content (AvgIpc) is 3.56. The van der Waals surface area contributed by atoms with Crippen molar-refractivity contribution in [2.75, 3.05) is 20.8 Å². The van der Waals surface area contributed by atoms with Crippen molar-refractivity contribution in [1.82, 2.24) is 9.55 Å². The minimum atomic E-state index is -0.431. The molecule has 0 fully saturated rings. The SMILES string of the molecule is CCOC(=O)Cn1c(=NC(=O)c2cc(-c3cccs3)nc3ccccc23)sc2cc(OC)c(OC)cc21. The second-order valence-electron chi connectivity index (χ2n) is 7.92. The molecule has 0 bridgehead atoms. The molecule has 5 rings (SSSR count). The highest BCUT2D eigenvalue weighted by molar-refractivity contribution is 7.16. The van der Waals surface area contributed by atoms with Crippen molar-refractivity contribution in [3.63, 3.8) is 0 Å². The van der Waals surface area contributed by atoms with Gasteiger partial charge in [0, 0.05) is 17.5 Å². The molecule has 0 saturated carbocycles. The van der Waals surface area contributed by atoms with Crippen LogP contribution in [0.5, 0.6) is 11.5 Å². The number of carbonyl (C=O) groups is 2. The number of pyridine rings is 1. The van der Waals surface area contributed by atoms with E-state index in [2.05, 4.69) is 4.99 Å². The Hall–Kier alpha value is -4.02. The zero-order valence-corrected chi connectivity index (χ0v) is 22.0. The number of aromatic nitrogens is 2. The Kier molecular flexibility index (Phi) is 7.02. The lowest BCUT2D eigenvalue weighted by molar-refractivity contribution is -0.143. The number of nitrogens with zero attached hydrogens (tertiary/aromatic N) is 3. The Labute approximate surface area is 220 Å². The van der Waals surface area contributed by atoms with E-state index >= 15 is 0 Å². The molecule has 10 heteroatoms. The number of thiophene rings is 1. The smallest absolute Gasteiger partial charge is 0.326 e. The summed E-state index contributed by atoms with van der Waals surface area (Å²) in [6.07, 6.45) is 0. The fourth-order valence-electron chi connectivity index (χ4n) is 4.02. The number of carbonyl (C=O) groups excluding carboxylic acids is 2. The van der Waals surface area contributed by atoms with Crippen LogP contribution >= 0.6 is 22.7 Å². The first-order chi connectivity index (χ1) is 18.0. The number of methoxy groups -OCH3 is 2. The monoisotopic (exact) mass is 533 g/mol. The van der Waals surface area contributed by atoms with Crippen LogP contribution in [-0.4, -0.2) is 42.3 Å². The number of esters is 1. The third-order valence-corrected chi connectivity index (χ3v) is 7.63. The summed E-state index contributed by atoms with van der Waals surface area (Å²) < 4.78 is 18.5. The summed E-state index contributed by atoms with van der Waals surface area (Å²) in [5.74, 6) is 0.182. The number of para-hydroxylation sites is 1. The van der Waals surface area contributed by atoms with Crippen LogP contribution in [0.3, 0.4) is 0 Å². The van der Waals surface area contributed by atoms with Crippen molar-refractivity contribution in [2.24, 2.45) is 4.99 Å². The minimum absolute atomic E-state index is 0.104. The first-order valence-corrected chi connectivity index (χ1v) is 13.2. The van der Waals surface area contributed by atoms with E-state index in [0.29, 0.717) is 44.0 Å². The van der Waals surface area contributed by atoms with Crippen LogP contribution in [-0.2, 0) is 16.1 Å². The number of amides is 1. The number of fused-ring (bicyclic) bond motifs is 2. The van der Waals surface area contributed by atoms with Gasteiger partial charge in [0.1, 0.15) is 6.54 Å². The Morgan fingerprint density at radius 3 is 2.54 bits per heavy atom. The third-order valence-electron chi connectivity index (χ3n) is 5.70. The van der Waals surface area contributed by atoms with Gasteiger partial charge in [0.2, 0.25) is 0 Å². The van der Waals surface area contributed by atoms with Crippen molar-refractivity contribution >= 4 is 55.7 Å². The van der Waals surface area contributed by atoms with E-state index in [0.717, 1.165) is 9.58 Å². The largest absolute Gasteiger partial charge is 0.493 e. The van der Waals surface area contributed by atoms with E-state index in [9.17, 15) is 9.59 Å². The Morgan fingerprint density at radius 2 is 1.81 bits per heavy atom. The summed E-state index contributed by atoms with van der Waals surface area (Å²) in [5.41, 5.74) is 2.53. The fraction of sp³-hybridized carbons (Fsp3) is 0.185. The molecule has 0 unspecified atom stereocenters. The van der Waals surface area contributed by atoms with E-state index in [-0.39, 0.29) is 13.2 Å². The minimum Gasteiger partial charge on any atom is -0.493 e. The molecule has 0 spiro atoms. The van der Waals surface area contributed by atoms with Gasteiger partial charge in [-0.25, -0.2) is 4.98 Å². The zero-order chi connectivity index (χ0) is 25.9. The highest BCUT2D eigenvalue weighted by atomic mass is 32.1. The zero-order valence-electron chi connectivity index (χ0n) is 20.4. The molecular weight excluding hydrogens is 510 g/mol. The maximum absolute atomic E-state index is 13.7. The molecule has 2 aromatic carbocycles. The number of ether oxygens (including phenoxy) is 3. The molecular formula is C27H23N3O5S2. The van der Waals surface area contributed by atoms with Gasteiger partial charge in [0.25, 0.3) is 5.91 Å². The van der Waals surface area contributed by atoms with Gasteiger partial charge in [-0.15, -0.1) is 11.3 Å². The van der Waals surface area contributed by atoms with E-state index in [4.69, 9.17) is 19.2 Å². The summed E-state index contributed by atoms with van der Waals surface area (Å²) in [6.45, 7) is 1.89. The van der Waals surface area contributed by atoms with Gasteiger partial charge < -0.3 is 18.8 Å². The molecule has 0 aliphatic rings. The van der Waals surface area contributed by atoms with E-state index in [1.54, 1.807) is 55.2 Å². The molecule has 3 aromatic heterocycles. The number of thiazole rings is 1. The van der Waals surface area contributed by atoms with Crippen LogP contribution in [0.25, 0.3) is 31.7 Å². The molecule has 37 heavy (non-hydrogen) atoms. The summed E-state index contributed by atoms with van der Waals surface area (Å²) in [6, 6.07) is 16.7. The van der Waals surface area contributed by atoms with Crippen LogP contribution in [0.15, 0.2) is 65.0 Å². The predicted octanol–water partition coefficient (Wildman–Crippen LogP) is 5.30. The van der Waals surface area contributed by atoms with E-state index in [1.165, 1.54) is 11.3 Å². The van der Waals surface area contributed by atoms with Crippen molar-refractivity contribution in [1.29, 1.82) is 0 Å². The van der Waals surface area contributed by atoms with Crippen LogP contribution in [0, 0.1) is 0 Å². The van der Waals surface area contributed by atoms with E-state index in [1.807, 2.05) is 41.8 Å². The van der Waals surface area contributed by atoms with Crippen molar-refractivity contribution in [3.05, 3.63) is 70.3 Å². The maximum Gasteiger partial charge on any atom is 0.326 e. The average molecular weight is 534 g/mol. The summed E-state index contributed by atoms with van der Waals surface area (Å²) in [7, 11) is 3.10. The number of hydrogen-bond acceptors (Lipinski definition) is 8. The van der Waals surface area contributed by atoms with Crippen molar-refractivity contribution < 1.29 is 23.8 Å². The third kappa shape index (κ3) is 4.85. The number of rotatable bonds is 7.